The van der Waals surface area contributed by atoms with Crippen molar-refractivity contribution in [3.8, 4) is 0 Å². The molecule has 0 saturated heterocycles. The van der Waals surface area contributed by atoms with E-state index in [4.69, 9.17) is 17.3 Å². The van der Waals surface area contributed by atoms with Gasteiger partial charge in [-0.25, -0.2) is 9.97 Å². The molecule has 20 heavy (non-hydrogen) atoms. The Balaban J connectivity index is 1.94. The van der Waals surface area contributed by atoms with Crippen LogP contribution in [0.25, 0.3) is 11.0 Å². The van der Waals surface area contributed by atoms with Crippen molar-refractivity contribution >= 4 is 40.3 Å². The molecule has 0 saturated carbocycles. The molecule has 0 aliphatic rings. The van der Waals surface area contributed by atoms with Crippen molar-refractivity contribution in [3.63, 3.8) is 0 Å². The largest absolute Gasteiger partial charge is 0.366 e. The summed E-state index contributed by atoms with van der Waals surface area (Å²) >= 11 is 5.98. The van der Waals surface area contributed by atoms with Crippen molar-refractivity contribution in [1.82, 2.24) is 25.1 Å². The number of nitrogens with zero attached hydrogens (tertiary/aromatic N) is 4. The molecule has 3 rings (SSSR count). The minimum atomic E-state index is -0.555. The Bertz CT molecular complexity index is 800. The highest BCUT2D eigenvalue weighted by atomic mass is 35.5. The number of aromatic amines is 1. The van der Waals surface area contributed by atoms with Crippen LogP contribution in [0.2, 0.25) is 5.15 Å². The summed E-state index contributed by atoms with van der Waals surface area (Å²) in [6.07, 6.45) is 0. The van der Waals surface area contributed by atoms with Gasteiger partial charge in [0, 0.05) is 0 Å². The van der Waals surface area contributed by atoms with Crippen LogP contribution in [0.15, 0.2) is 24.3 Å². The zero-order chi connectivity index (χ0) is 14.1. The maximum absolute atomic E-state index is 11.9. The Morgan fingerprint density at radius 1 is 1.20 bits per heavy atom. The molecule has 3 aromatic rings. The maximum atomic E-state index is 11.9. The van der Waals surface area contributed by atoms with Crippen LogP contribution in [-0.2, 0) is 0 Å². The summed E-state index contributed by atoms with van der Waals surface area (Å²) in [7, 11) is 0. The molecule has 100 valence electrons. The zero-order valence-electron chi connectivity index (χ0n) is 9.96. The van der Waals surface area contributed by atoms with E-state index in [1.54, 1.807) is 12.1 Å². The number of nitrogens with one attached hydrogen (secondary N) is 2. The number of H-pyrrole nitrogens is 1. The molecular weight excluding hydrogens is 282 g/mol. The summed E-state index contributed by atoms with van der Waals surface area (Å²) in [5.41, 5.74) is 6.58. The molecule has 4 N–H and O–H groups in total. The monoisotopic (exact) mass is 289 g/mol. The van der Waals surface area contributed by atoms with Crippen LogP contribution < -0.4 is 11.1 Å². The van der Waals surface area contributed by atoms with Crippen molar-refractivity contribution in [1.29, 1.82) is 0 Å². The summed E-state index contributed by atoms with van der Waals surface area (Å²) in [6, 6.07) is 7.17. The highest BCUT2D eigenvalue weighted by molar-refractivity contribution is 6.32. The molecule has 0 fully saturated rings. The van der Waals surface area contributed by atoms with Gasteiger partial charge in [-0.1, -0.05) is 23.7 Å². The van der Waals surface area contributed by atoms with Crippen LogP contribution in [0.4, 0.5) is 11.8 Å². The van der Waals surface area contributed by atoms with E-state index in [0.29, 0.717) is 11.0 Å². The molecular formula is C11H8ClN7O. The molecule has 0 aliphatic heterocycles. The van der Waals surface area contributed by atoms with E-state index in [-0.39, 0.29) is 22.7 Å². The normalized spacial score (nSPS) is 10.7. The number of benzene rings is 1. The standard InChI is InChI=1S/C11H8ClN7O/c12-7-8(15-6-4-2-1-3-5(6)14-7)16-10(20)9-17-11(13)19-18-9/h1-4H,(H,15,16,20)(H3,13,17,18,19). The number of anilines is 2. The Kier molecular flexibility index (Phi) is 2.92. The second-order valence-electron chi connectivity index (χ2n) is 3.85. The van der Waals surface area contributed by atoms with Gasteiger partial charge in [0.2, 0.25) is 11.8 Å². The van der Waals surface area contributed by atoms with E-state index in [2.05, 4.69) is 30.5 Å². The first kappa shape index (κ1) is 12.3. The molecule has 2 heterocycles. The second-order valence-corrected chi connectivity index (χ2v) is 4.21. The third kappa shape index (κ3) is 2.24. The lowest BCUT2D eigenvalue weighted by Crippen LogP contribution is -2.15. The first-order valence-electron chi connectivity index (χ1n) is 5.55. The van der Waals surface area contributed by atoms with Crippen LogP contribution in [-0.4, -0.2) is 31.1 Å². The Hall–Kier alpha value is -2.74. The van der Waals surface area contributed by atoms with Gasteiger partial charge in [-0.15, -0.1) is 5.10 Å². The smallest absolute Gasteiger partial charge is 0.294 e. The molecule has 0 bridgehead atoms. The van der Waals surface area contributed by atoms with Crippen molar-refractivity contribution in [3.05, 3.63) is 35.2 Å². The Morgan fingerprint density at radius 2 is 1.90 bits per heavy atom. The lowest BCUT2D eigenvalue weighted by atomic mass is 10.3. The van der Waals surface area contributed by atoms with Crippen LogP contribution in [0.5, 0.6) is 0 Å². The summed E-state index contributed by atoms with van der Waals surface area (Å²) in [5.74, 6) is -0.467. The third-order valence-electron chi connectivity index (χ3n) is 2.48. The topological polar surface area (TPSA) is 122 Å². The first-order chi connectivity index (χ1) is 9.63. The molecule has 0 aliphatic carbocycles. The predicted octanol–water partition coefficient (Wildman–Crippen LogP) is 1.24. The lowest BCUT2D eigenvalue weighted by molar-refractivity contribution is 0.101. The zero-order valence-corrected chi connectivity index (χ0v) is 10.7. The number of carbonyl (C=O) groups is 1. The van der Waals surface area contributed by atoms with Gasteiger partial charge >= 0.3 is 0 Å². The number of hydrogen-bond acceptors (Lipinski definition) is 6. The van der Waals surface area contributed by atoms with E-state index in [0.717, 1.165) is 0 Å². The molecule has 0 unspecified atom stereocenters. The van der Waals surface area contributed by atoms with E-state index >= 15 is 0 Å². The Morgan fingerprint density at radius 3 is 2.55 bits per heavy atom. The van der Waals surface area contributed by atoms with E-state index in [1.165, 1.54) is 0 Å². The van der Waals surface area contributed by atoms with Crippen molar-refractivity contribution in [2.24, 2.45) is 0 Å². The van der Waals surface area contributed by atoms with Gasteiger partial charge in [-0.2, -0.15) is 4.98 Å². The van der Waals surface area contributed by atoms with Gasteiger partial charge in [0.05, 0.1) is 11.0 Å². The van der Waals surface area contributed by atoms with Crippen LogP contribution in [0.1, 0.15) is 10.6 Å². The number of fused-ring (bicyclic) bond motifs is 1. The fourth-order valence-electron chi connectivity index (χ4n) is 1.60. The molecule has 2 aromatic heterocycles. The fourth-order valence-corrected chi connectivity index (χ4v) is 1.78. The first-order valence-corrected chi connectivity index (χ1v) is 5.93. The van der Waals surface area contributed by atoms with Crippen LogP contribution >= 0.6 is 11.6 Å². The third-order valence-corrected chi connectivity index (χ3v) is 2.74. The summed E-state index contributed by atoms with van der Waals surface area (Å²) in [6.45, 7) is 0. The number of aromatic nitrogens is 5. The molecule has 9 heteroatoms. The number of halogens is 1. The van der Waals surface area contributed by atoms with Crippen molar-refractivity contribution in [2.45, 2.75) is 0 Å². The quantitative estimate of drug-likeness (QED) is 0.652. The summed E-state index contributed by atoms with van der Waals surface area (Å²) in [4.78, 5) is 24.0. The average Bonchev–Trinajstić information content (AvgIpc) is 2.86. The molecule has 8 nitrogen and oxygen atoms in total. The van der Waals surface area contributed by atoms with Gasteiger partial charge in [-0.05, 0) is 12.1 Å². The highest BCUT2D eigenvalue weighted by Crippen LogP contribution is 2.21. The molecule has 1 aromatic carbocycles. The second kappa shape index (κ2) is 4.74. The molecule has 0 atom stereocenters. The molecule has 0 radical (unpaired) electrons. The number of hydrogen-bond donors (Lipinski definition) is 3. The number of amides is 1. The van der Waals surface area contributed by atoms with Gasteiger partial charge in [-0.3, -0.25) is 9.89 Å². The highest BCUT2D eigenvalue weighted by Gasteiger charge is 2.14. The van der Waals surface area contributed by atoms with Gasteiger partial charge in [0.15, 0.2) is 11.0 Å². The summed E-state index contributed by atoms with van der Waals surface area (Å²) < 4.78 is 0. The van der Waals surface area contributed by atoms with Crippen molar-refractivity contribution in [2.75, 3.05) is 11.1 Å². The van der Waals surface area contributed by atoms with E-state index in [1.807, 2.05) is 12.1 Å². The molecule has 1 amide bonds. The fraction of sp³-hybridized carbons (Fsp3) is 0. The van der Waals surface area contributed by atoms with Gasteiger partial charge < -0.3 is 11.1 Å². The molecule has 0 spiro atoms. The maximum Gasteiger partial charge on any atom is 0.294 e. The minimum absolute atomic E-state index is 0.0224. The van der Waals surface area contributed by atoms with E-state index < -0.39 is 5.91 Å². The summed E-state index contributed by atoms with van der Waals surface area (Å²) in [5, 5.41) is 8.54. The van der Waals surface area contributed by atoms with Crippen LogP contribution in [0, 0.1) is 0 Å². The van der Waals surface area contributed by atoms with Gasteiger partial charge in [0.1, 0.15) is 0 Å². The predicted molar refractivity (Wildman–Crippen MR) is 73.3 cm³/mol. The number of carbonyl (C=O) groups excluding carboxylic acids is 1. The van der Waals surface area contributed by atoms with Crippen LogP contribution in [0.3, 0.4) is 0 Å². The number of nitrogens with two attached hydrogens (primary N) is 1. The van der Waals surface area contributed by atoms with Gasteiger partial charge in [0.25, 0.3) is 5.91 Å². The van der Waals surface area contributed by atoms with Crippen molar-refractivity contribution < 1.29 is 4.79 Å². The number of para-hydroxylation sites is 2. The SMILES string of the molecule is Nc1n[nH]c(C(=O)Nc2nc3ccccc3nc2Cl)n1. The number of rotatable bonds is 2. The number of nitrogen functional groups attached to an aromatic ring is 1. The van der Waals surface area contributed by atoms with E-state index in [9.17, 15) is 4.79 Å². The Labute approximate surface area is 117 Å². The lowest BCUT2D eigenvalue weighted by Gasteiger charge is -2.05. The minimum Gasteiger partial charge on any atom is -0.366 e. The average molecular weight is 290 g/mol.